The van der Waals surface area contributed by atoms with Gasteiger partial charge in [0.2, 0.25) is 5.95 Å². The van der Waals surface area contributed by atoms with Crippen molar-refractivity contribution in [3.63, 3.8) is 0 Å². The van der Waals surface area contributed by atoms with E-state index in [1.54, 1.807) is 6.07 Å². The van der Waals surface area contributed by atoms with Gasteiger partial charge in [-0.15, -0.1) is 0 Å². The number of anilines is 1. The summed E-state index contributed by atoms with van der Waals surface area (Å²) in [5.74, 6) is 1.03. The highest BCUT2D eigenvalue weighted by Gasteiger charge is 2.21. The van der Waals surface area contributed by atoms with Crippen LogP contribution < -0.4 is 10.6 Å². The molecule has 4 rings (SSSR count). The number of rotatable bonds is 9. The second-order valence-corrected chi connectivity index (χ2v) is 9.68. The molecule has 3 N–H and O–H groups in total. The Balaban J connectivity index is 1.66. The van der Waals surface area contributed by atoms with Gasteiger partial charge in [0.25, 0.3) is 0 Å². The maximum absolute atomic E-state index is 10.5. The van der Waals surface area contributed by atoms with Crippen molar-refractivity contribution in [3.8, 4) is 5.75 Å². The largest absolute Gasteiger partial charge is 0.506 e. The molecule has 1 aliphatic rings. The third-order valence-electron chi connectivity index (χ3n) is 6.77. The predicted molar refractivity (Wildman–Crippen MR) is 148 cm³/mol. The van der Waals surface area contributed by atoms with E-state index in [2.05, 4.69) is 69.1 Å². The van der Waals surface area contributed by atoms with Crippen LogP contribution in [0.25, 0.3) is 11.0 Å². The van der Waals surface area contributed by atoms with Crippen LogP contribution in [0.3, 0.4) is 0 Å². The summed E-state index contributed by atoms with van der Waals surface area (Å²) in [4.78, 5) is 11.9. The number of aromatic nitrogens is 3. The van der Waals surface area contributed by atoms with Crippen molar-refractivity contribution in [2.24, 2.45) is 0 Å². The molecule has 0 amide bonds. The van der Waals surface area contributed by atoms with Gasteiger partial charge in [-0.1, -0.05) is 24.8 Å². The van der Waals surface area contributed by atoms with Crippen LogP contribution in [0.15, 0.2) is 66.4 Å². The highest BCUT2D eigenvalue weighted by molar-refractivity contribution is 5.79. The number of aryl methyl sites for hydroxylation is 1. The fourth-order valence-corrected chi connectivity index (χ4v) is 4.50. The average Bonchev–Trinajstić information content (AvgIpc) is 3.21. The topological polar surface area (TPSA) is 78.2 Å². The van der Waals surface area contributed by atoms with E-state index in [0.29, 0.717) is 24.8 Å². The molecule has 1 saturated heterocycles. The molecule has 3 aromatic rings. The molecule has 190 valence electrons. The van der Waals surface area contributed by atoms with Crippen LogP contribution in [0.5, 0.6) is 5.75 Å². The van der Waals surface area contributed by atoms with Gasteiger partial charge in [0, 0.05) is 24.0 Å². The number of benzene rings is 1. The van der Waals surface area contributed by atoms with Crippen LogP contribution in [-0.2, 0) is 13.1 Å². The van der Waals surface area contributed by atoms with Gasteiger partial charge < -0.3 is 25.2 Å². The van der Waals surface area contributed by atoms with Crippen molar-refractivity contribution in [1.82, 2.24) is 24.8 Å². The normalized spacial score (nSPS) is 15.9. The molecule has 0 radical (unpaired) electrons. The van der Waals surface area contributed by atoms with Crippen molar-refractivity contribution in [1.29, 1.82) is 0 Å². The maximum Gasteiger partial charge on any atom is 0.204 e. The second kappa shape index (κ2) is 11.4. The molecule has 1 aliphatic heterocycles. The first-order valence-corrected chi connectivity index (χ1v) is 12.7. The monoisotopic (exact) mass is 486 g/mol. The highest BCUT2D eigenvalue weighted by Crippen LogP contribution is 2.26. The number of hydrogen-bond donors (Lipinski definition) is 3. The fourth-order valence-electron chi connectivity index (χ4n) is 4.50. The van der Waals surface area contributed by atoms with Crippen LogP contribution >= 0.6 is 0 Å². The Kier molecular flexibility index (Phi) is 8.10. The minimum atomic E-state index is 0.201. The van der Waals surface area contributed by atoms with Crippen LogP contribution in [-0.4, -0.2) is 50.7 Å². The molecule has 1 aromatic carbocycles. The van der Waals surface area contributed by atoms with E-state index < -0.39 is 0 Å². The molecule has 0 aliphatic carbocycles. The van der Waals surface area contributed by atoms with Crippen LogP contribution in [0.4, 0.5) is 5.95 Å². The van der Waals surface area contributed by atoms with Gasteiger partial charge in [-0.05, 0) is 95.2 Å². The predicted octanol–water partition coefficient (Wildman–Crippen LogP) is 5.13. The lowest BCUT2D eigenvalue weighted by atomic mass is 10.1. The molecule has 1 fully saturated rings. The minimum Gasteiger partial charge on any atom is -0.506 e. The first-order chi connectivity index (χ1) is 17.4. The zero-order chi connectivity index (χ0) is 25.7. The number of nitrogens with one attached hydrogen (secondary N) is 2. The Morgan fingerprint density at radius 1 is 1.19 bits per heavy atom. The molecular weight excluding hydrogens is 448 g/mol. The SMILES string of the molecule is C=C/C(C)=C/C(=C/C)NCc1ccc2nc(NC3CCN(C)CC3)n(Cc3nc(C)ccc3O)c2c1. The highest BCUT2D eigenvalue weighted by atomic mass is 16.3. The minimum absolute atomic E-state index is 0.201. The van der Waals surface area contributed by atoms with Gasteiger partial charge in [0.15, 0.2) is 0 Å². The summed E-state index contributed by atoms with van der Waals surface area (Å²) in [7, 11) is 2.17. The zero-order valence-corrected chi connectivity index (χ0v) is 21.9. The molecule has 36 heavy (non-hydrogen) atoms. The Labute approximate surface area is 214 Å². The zero-order valence-electron chi connectivity index (χ0n) is 21.9. The van der Waals surface area contributed by atoms with Gasteiger partial charge in [0.1, 0.15) is 11.4 Å². The van der Waals surface area contributed by atoms with E-state index in [0.717, 1.165) is 65.4 Å². The Morgan fingerprint density at radius 2 is 1.97 bits per heavy atom. The van der Waals surface area contributed by atoms with E-state index in [1.165, 1.54) is 0 Å². The summed E-state index contributed by atoms with van der Waals surface area (Å²) in [5.41, 5.74) is 6.79. The number of hydrogen-bond acceptors (Lipinski definition) is 6. The smallest absolute Gasteiger partial charge is 0.204 e. The Bertz CT molecular complexity index is 1280. The quantitative estimate of drug-likeness (QED) is 0.364. The van der Waals surface area contributed by atoms with E-state index in [-0.39, 0.29) is 5.75 Å². The van der Waals surface area contributed by atoms with Gasteiger partial charge in [-0.3, -0.25) is 4.98 Å². The standard InChI is InChI=1S/C29H38N6O/c1-6-20(3)16-23(7-2)30-18-22-9-10-25-27(17-22)35(19-26-28(36)11-8-21(4)31-26)29(33-25)32-24-12-14-34(5)15-13-24/h6-11,16-17,24,30,36H,1,12-15,18-19H2,2-5H3,(H,32,33)/b20-16+,23-7-. The molecule has 7 heteroatoms. The first kappa shape index (κ1) is 25.5. The molecule has 0 saturated carbocycles. The van der Waals surface area contributed by atoms with Gasteiger partial charge in [-0.25, -0.2) is 4.98 Å². The number of fused-ring (bicyclic) bond motifs is 1. The lowest BCUT2D eigenvalue weighted by Gasteiger charge is -2.29. The van der Waals surface area contributed by atoms with E-state index in [9.17, 15) is 5.11 Å². The molecule has 2 aromatic heterocycles. The Morgan fingerprint density at radius 3 is 2.69 bits per heavy atom. The van der Waals surface area contributed by atoms with Crippen molar-refractivity contribution >= 4 is 17.0 Å². The summed E-state index contributed by atoms with van der Waals surface area (Å²) >= 11 is 0. The van der Waals surface area contributed by atoms with Crippen molar-refractivity contribution in [2.75, 3.05) is 25.5 Å². The lowest BCUT2D eigenvalue weighted by molar-refractivity contribution is 0.263. The van der Waals surface area contributed by atoms with Crippen LogP contribution in [0.2, 0.25) is 0 Å². The van der Waals surface area contributed by atoms with Crippen LogP contribution in [0, 0.1) is 6.92 Å². The van der Waals surface area contributed by atoms with Gasteiger partial charge >= 0.3 is 0 Å². The van der Waals surface area contributed by atoms with Crippen molar-refractivity contribution in [2.45, 2.75) is 52.7 Å². The molecule has 0 spiro atoms. The number of piperidine rings is 1. The molecule has 3 heterocycles. The first-order valence-electron chi connectivity index (χ1n) is 12.7. The van der Waals surface area contributed by atoms with Crippen molar-refractivity contribution in [3.05, 3.63) is 83.4 Å². The van der Waals surface area contributed by atoms with E-state index in [4.69, 9.17) is 4.98 Å². The summed E-state index contributed by atoms with van der Waals surface area (Å²) in [6.45, 7) is 13.1. The summed E-state index contributed by atoms with van der Waals surface area (Å²) in [6.07, 6.45) is 8.15. The summed E-state index contributed by atoms with van der Waals surface area (Å²) in [6, 6.07) is 10.3. The second-order valence-electron chi connectivity index (χ2n) is 9.68. The molecule has 0 atom stereocenters. The van der Waals surface area contributed by atoms with Gasteiger partial charge in [0.05, 0.1) is 17.6 Å². The molecule has 0 bridgehead atoms. The number of likely N-dealkylation sites (tertiary alicyclic amines) is 1. The Hall–Kier alpha value is -3.58. The average molecular weight is 487 g/mol. The number of aromatic hydroxyl groups is 1. The van der Waals surface area contributed by atoms with Crippen LogP contribution in [0.1, 0.15) is 43.6 Å². The summed E-state index contributed by atoms with van der Waals surface area (Å²) in [5, 5.41) is 17.7. The molecule has 7 nitrogen and oxygen atoms in total. The molecule has 0 unspecified atom stereocenters. The van der Waals surface area contributed by atoms with Gasteiger partial charge in [-0.2, -0.15) is 0 Å². The number of pyridine rings is 1. The lowest BCUT2D eigenvalue weighted by Crippen LogP contribution is -2.37. The number of imidazole rings is 1. The maximum atomic E-state index is 10.5. The number of nitrogens with zero attached hydrogens (tertiary/aromatic N) is 4. The van der Waals surface area contributed by atoms with E-state index in [1.807, 2.05) is 32.9 Å². The molecular formula is C29H38N6O. The number of allylic oxidation sites excluding steroid dienone is 4. The third-order valence-corrected chi connectivity index (χ3v) is 6.77. The summed E-state index contributed by atoms with van der Waals surface area (Å²) < 4.78 is 2.15. The van der Waals surface area contributed by atoms with E-state index >= 15 is 0 Å². The van der Waals surface area contributed by atoms with Crippen molar-refractivity contribution < 1.29 is 5.11 Å². The third kappa shape index (κ3) is 6.15. The fraction of sp³-hybridized carbons (Fsp3) is 0.379.